The summed E-state index contributed by atoms with van der Waals surface area (Å²) in [7, 11) is 1.48. The van der Waals surface area contributed by atoms with Crippen LogP contribution in [-0.2, 0) is 16.0 Å². The summed E-state index contributed by atoms with van der Waals surface area (Å²) in [6.45, 7) is 3.63. The molecule has 0 unspecified atom stereocenters. The lowest BCUT2D eigenvalue weighted by Gasteiger charge is -2.42. The number of hydrogen-bond acceptors (Lipinski definition) is 10. The minimum atomic E-state index is -1.24. The number of piperidine rings is 1. The van der Waals surface area contributed by atoms with Gasteiger partial charge in [-0.1, -0.05) is 67.7 Å². The Bertz CT molecular complexity index is 2020. The normalized spacial score (nSPS) is 29.8. The van der Waals surface area contributed by atoms with Gasteiger partial charge in [-0.2, -0.15) is 0 Å². The average Bonchev–Trinajstić information content (AvgIpc) is 3.30. The van der Waals surface area contributed by atoms with E-state index in [4.69, 9.17) is 10.5 Å². The van der Waals surface area contributed by atoms with E-state index in [1.807, 2.05) is 42.5 Å². The second-order valence-electron chi connectivity index (χ2n) is 18.2. The Kier molecular flexibility index (Phi) is 14.2. The number of phenolic OH excluding ortho intramolecular Hbond substituents is 1. The SMILES string of the molecule is CCC1=C([C@H](/C=C/c2ccccc2)C[C@H](O)[C@H](O)C[C@H]2C#C[C@@]3(CC[C@H](CC[C@H]4CN[C@@H]5CC(=O)CC[C@@H]5C4)C[C@H]3O)C(=O)CCc3cc(OC)c(O)cc32)C=C(N)NC1. The maximum atomic E-state index is 14.3. The van der Waals surface area contributed by atoms with Crippen LogP contribution in [0, 0.1) is 40.9 Å². The van der Waals surface area contributed by atoms with Crippen LogP contribution >= 0.6 is 0 Å². The van der Waals surface area contributed by atoms with Crippen molar-refractivity contribution in [1.82, 2.24) is 10.6 Å². The first kappa shape index (κ1) is 43.7. The van der Waals surface area contributed by atoms with Gasteiger partial charge in [-0.15, -0.1) is 0 Å². The summed E-state index contributed by atoms with van der Waals surface area (Å²) in [6, 6.07) is 13.6. The highest BCUT2D eigenvalue weighted by atomic mass is 16.5. The summed E-state index contributed by atoms with van der Waals surface area (Å²) in [5, 5.41) is 53.4. The van der Waals surface area contributed by atoms with E-state index in [0.29, 0.717) is 73.7 Å². The van der Waals surface area contributed by atoms with E-state index in [-0.39, 0.29) is 48.4 Å². The largest absolute Gasteiger partial charge is 0.504 e. The van der Waals surface area contributed by atoms with E-state index in [0.717, 1.165) is 61.8 Å². The van der Waals surface area contributed by atoms with Crippen LogP contribution < -0.4 is 21.1 Å². The van der Waals surface area contributed by atoms with Crippen molar-refractivity contribution in [2.24, 2.45) is 34.8 Å². The van der Waals surface area contributed by atoms with E-state index in [2.05, 4.69) is 35.5 Å². The molecule has 5 aliphatic rings. The molecule has 7 rings (SSSR count). The van der Waals surface area contributed by atoms with Crippen molar-refractivity contribution < 1.29 is 34.8 Å². The first-order chi connectivity index (χ1) is 29.0. The zero-order chi connectivity index (χ0) is 42.4. The van der Waals surface area contributed by atoms with Gasteiger partial charge in [-0.05, 0) is 135 Å². The monoisotopic (exact) mass is 819 g/mol. The lowest BCUT2D eigenvalue weighted by Crippen LogP contribution is -2.49. The molecule has 2 aliphatic heterocycles. The third-order valence-electron chi connectivity index (χ3n) is 14.4. The van der Waals surface area contributed by atoms with Gasteiger partial charge < -0.3 is 41.5 Å². The number of nitrogens with two attached hydrogens (primary N) is 1. The molecule has 0 radical (unpaired) electrons. The van der Waals surface area contributed by atoms with Gasteiger partial charge in [0.1, 0.15) is 11.2 Å². The summed E-state index contributed by atoms with van der Waals surface area (Å²) >= 11 is 0. The van der Waals surface area contributed by atoms with Crippen LogP contribution in [0.3, 0.4) is 0 Å². The van der Waals surface area contributed by atoms with Crippen LogP contribution in [0.15, 0.2) is 71.6 Å². The molecule has 10 atom stereocenters. The molecular weight excluding hydrogens is 755 g/mol. The number of aryl methyl sites for hydroxylation is 1. The van der Waals surface area contributed by atoms with Crippen LogP contribution in [0.4, 0.5) is 0 Å². The van der Waals surface area contributed by atoms with Crippen molar-refractivity contribution in [2.45, 2.75) is 127 Å². The van der Waals surface area contributed by atoms with Gasteiger partial charge in [0, 0.05) is 43.7 Å². The highest BCUT2D eigenvalue weighted by Crippen LogP contribution is 2.45. The van der Waals surface area contributed by atoms with Crippen molar-refractivity contribution in [3.05, 3.63) is 88.3 Å². The molecule has 1 saturated heterocycles. The van der Waals surface area contributed by atoms with Gasteiger partial charge in [-0.25, -0.2) is 0 Å². The van der Waals surface area contributed by atoms with Crippen LogP contribution in [0.5, 0.6) is 11.5 Å². The molecule has 1 spiro atoms. The highest BCUT2D eigenvalue weighted by molar-refractivity contribution is 5.89. The van der Waals surface area contributed by atoms with Crippen LogP contribution in [0.2, 0.25) is 0 Å². The Morgan fingerprint density at radius 1 is 1.03 bits per heavy atom. The first-order valence-corrected chi connectivity index (χ1v) is 22.4. The van der Waals surface area contributed by atoms with Crippen molar-refractivity contribution >= 4 is 17.6 Å². The van der Waals surface area contributed by atoms with Crippen LogP contribution in [0.1, 0.15) is 113 Å². The fourth-order valence-electron chi connectivity index (χ4n) is 10.7. The number of hydrogen-bond donors (Lipinski definition) is 7. The van der Waals surface area contributed by atoms with Gasteiger partial charge in [0.25, 0.3) is 0 Å². The molecule has 3 aliphatic carbocycles. The Morgan fingerprint density at radius 3 is 2.60 bits per heavy atom. The minimum absolute atomic E-state index is 0.0513. The number of allylic oxidation sites excluding steroid dienone is 3. The van der Waals surface area contributed by atoms with Gasteiger partial charge in [0.2, 0.25) is 0 Å². The summed E-state index contributed by atoms with van der Waals surface area (Å²) in [5.41, 5.74) is 9.70. The molecule has 3 fully saturated rings. The molecule has 0 amide bonds. The number of fused-ring (bicyclic) bond motifs is 2. The molecule has 0 bridgehead atoms. The molecule has 2 aromatic carbocycles. The number of aromatic hydroxyl groups is 1. The molecule has 60 heavy (non-hydrogen) atoms. The number of dihydropyridines is 1. The van der Waals surface area contributed by atoms with Crippen molar-refractivity contribution in [3.8, 4) is 23.3 Å². The van der Waals surface area contributed by atoms with Crippen molar-refractivity contribution in [3.63, 3.8) is 0 Å². The third kappa shape index (κ3) is 10.0. The molecule has 8 N–H and O–H groups in total. The Labute approximate surface area is 355 Å². The predicted molar refractivity (Wildman–Crippen MR) is 234 cm³/mol. The van der Waals surface area contributed by atoms with E-state index in [9.17, 15) is 30.0 Å². The maximum Gasteiger partial charge on any atom is 0.160 e. The number of carbonyl (C=O) groups excluding carboxylic acids is 2. The third-order valence-corrected chi connectivity index (χ3v) is 14.4. The molecule has 10 heteroatoms. The number of ether oxygens (including phenoxy) is 1. The highest BCUT2D eigenvalue weighted by Gasteiger charge is 2.48. The van der Waals surface area contributed by atoms with Crippen molar-refractivity contribution in [2.75, 3.05) is 20.2 Å². The lowest BCUT2D eigenvalue weighted by atomic mass is 9.64. The van der Waals surface area contributed by atoms with E-state index in [1.54, 1.807) is 12.1 Å². The molecule has 322 valence electrons. The van der Waals surface area contributed by atoms with E-state index in [1.165, 1.54) is 12.7 Å². The maximum absolute atomic E-state index is 14.3. The number of carbonyl (C=O) groups is 2. The second kappa shape index (κ2) is 19.5. The summed E-state index contributed by atoms with van der Waals surface area (Å²) in [5.74, 6) is 8.23. The number of aliphatic hydroxyl groups excluding tert-OH is 3. The van der Waals surface area contributed by atoms with Crippen LogP contribution in [-0.4, -0.2) is 76.5 Å². The molecule has 2 aromatic rings. The Balaban J connectivity index is 1.10. The number of ketones is 2. The van der Waals surface area contributed by atoms with Gasteiger partial charge in [0.15, 0.2) is 17.3 Å². The summed E-state index contributed by atoms with van der Waals surface area (Å²) in [6.07, 6.45) is 11.6. The van der Waals surface area contributed by atoms with Gasteiger partial charge >= 0.3 is 0 Å². The smallest absolute Gasteiger partial charge is 0.160 e. The number of rotatable bonds is 13. The molecule has 10 nitrogen and oxygen atoms in total. The number of benzene rings is 2. The summed E-state index contributed by atoms with van der Waals surface area (Å²) in [4.78, 5) is 26.2. The topological polar surface area (TPSA) is 174 Å². The number of aliphatic hydroxyl groups is 3. The number of methoxy groups -OCH3 is 1. The zero-order valence-electron chi connectivity index (χ0n) is 35.4. The van der Waals surface area contributed by atoms with Crippen molar-refractivity contribution in [1.29, 1.82) is 0 Å². The predicted octanol–water partition coefficient (Wildman–Crippen LogP) is 6.22. The molecule has 0 aromatic heterocycles. The zero-order valence-corrected chi connectivity index (χ0v) is 35.4. The quantitative estimate of drug-likeness (QED) is 0.115. The molecule has 2 saturated carbocycles. The molecule has 2 heterocycles. The Morgan fingerprint density at radius 2 is 1.83 bits per heavy atom. The molecular formula is C50H65N3O7. The number of Topliss-reactive ketones (excluding diaryl/α,β-unsaturated/α-hetero) is 2. The standard InChI is InChI=1S/C50H65N3O7/c1-3-34-30-53-49(51)28-41(34)35(12-11-31-7-5-4-6-8-31)23-43(55)44(56)24-37-18-20-50(47(58)16-14-36-25-46(60-2)45(57)27-40(36)37)19-17-32(22-48(50)59)9-10-33-21-38-13-15-39(54)26-42(38)52-29-33/h4-8,11-12,25,27-28,32-33,35,37-38,42-44,48,52-53,55-57,59H,3,9-10,13-17,19,21-24,26,29-30,51H2,1-2H3/b12-11+/t32-,33+,35+,37+,38+,42+,43-,44+,48+,50-/m0/s1. The first-order valence-electron chi connectivity index (χ1n) is 22.4. The van der Waals surface area contributed by atoms with Gasteiger partial charge in [0.05, 0.1) is 31.2 Å². The van der Waals surface area contributed by atoms with Crippen LogP contribution in [0.25, 0.3) is 6.08 Å². The minimum Gasteiger partial charge on any atom is -0.504 e. The fraction of sp³-hybridized carbons (Fsp3) is 0.560. The van der Waals surface area contributed by atoms with Gasteiger partial charge in [-0.3, -0.25) is 9.59 Å². The summed E-state index contributed by atoms with van der Waals surface area (Å²) < 4.78 is 5.47. The lowest BCUT2D eigenvalue weighted by molar-refractivity contribution is -0.134. The van der Waals surface area contributed by atoms with E-state index < -0.39 is 29.6 Å². The Hall–Kier alpha value is -4.40. The number of phenols is 1. The van der Waals surface area contributed by atoms with E-state index >= 15 is 0 Å². The average molecular weight is 820 g/mol. The number of nitrogens with one attached hydrogen (secondary N) is 2. The second-order valence-corrected chi connectivity index (χ2v) is 18.2. The fourth-order valence-corrected chi connectivity index (χ4v) is 10.7.